The highest BCUT2D eigenvalue weighted by molar-refractivity contribution is 5.71. The van der Waals surface area contributed by atoms with Crippen LogP contribution in [0, 0.1) is 11.8 Å². The average molecular weight is 291 g/mol. The summed E-state index contributed by atoms with van der Waals surface area (Å²) < 4.78 is 1.84. The number of aliphatic carboxylic acids is 1. The maximum absolute atomic E-state index is 11.5. The molecule has 1 heterocycles. The van der Waals surface area contributed by atoms with Crippen molar-refractivity contribution in [3.05, 3.63) is 11.6 Å². The molecule has 2 aliphatic rings. The molecule has 2 saturated carbocycles. The van der Waals surface area contributed by atoms with Crippen LogP contribution >= 0.6 is 0 Å². The van der Waals surface area contributed by atoms with Gasteiger partial charge in [0, 0.05) is 18.9 Å². The van der Waals surface area contributed by atoms with Crippen LogP contribution in [0.3, 0.4) is 0 Å². The van der Waals surface area contributed by atoms with Crippen molar-refractivity contribution in [1.29, 1.82) is 0 Å². The van der Waals surface area contributed by atoms with Crippen molar-refractivity contribution in [1.82, 2.24) is 14.8 Å². The van der Waals surface area contributed by atoms with Gasteiger partial charge >= 0.3 is 5.97 Å². The van der Waals surface area contributed by atoms with Crippen LogP contribution in [0.5, 0.6) is 0 Å². The van der Waals surface area contributed by atoms with Crippen LogP contribution in [0.2, 0.25) is 0 Å². The molecule has 0 radical (unpaired) electrons. The molecule has 0 amide bonds. The molecule has 3 unspecified atom stereocenters. The van der Waals surface area contributed by atoms with E-state index in [1.165, 1.54) is 32.1 Å². The quantitative estimate of drug-likeness (QED) is 0.929. The first-order valence-electron chi connectivity index (χ1n) is 8.20. The molecule has 1 aromatic heterocycles. The Labute approximate surface area is 125 Å². The standard InChI is InChI=1S/C16H25N3O2/c1-10-8-12(13(9-10)16(20)21)15-17-14(18-19(15)2)11-6-4-3-5-7-11/h10-13H,3-9H2,1-2H3,(H,20,21). The van der Waals surface area contributed by atoms with Gasteiger partial charge in [-0.1, -0.05) is 26.2 Å². The average Bonchev–Trinajstić information content (AvgIpc) is 3.03. The second-order valence-electron chi connectivity index (χ2n) is 6.91. The minimum absolute atomic E-state index is 0.0207. The highest BCUT2D eigenvalue weighted by atomic mass is 16.4. The maximum Gasteiger partial charge on any atom is 0.307 e. The van der Waals surface area contributed by atoms with Gasteiger partial charge in [-0.3, -0.25) is 9.48 Å². The van der Waals surface area contributed by atoms with E-state index >= 15 is 0 Å². The summed E-state index contributed by atoms with van der Waals surface area (Å²) in [6.45, 7) is 2.13. The van der Waals surface area contributed by atoms with E-state index in [1.54, 1.807) is 0 Å². The molecule has 2 fully saturated rings. The second kappa shape index (κ2) is 5.78. The van der Waals surface area contributed by atoms with E-state index in [4.69, 9.17) is 4.98 Å². The molecule has 116 valence electrons. The van der Waals surface area contributed by atoms with Gasteiger partial charge in [0.1, 0.15) is 5.82 Å². The van der Waals surface area contributed by atoms with E-state index in [2.05, 4.69) is 12.0 Å². The number of hydrogen-bond acceptors (Lipinski definition) is 3. The predicted octanol–water partition coefficient (Wildman–Crippen LogP) is 3.08. The van der Waals surface area contributed by atoms with Crippen LogP contribution in [0.15, 0.2) is 0 Å². The Morgan fingerprint density at radius 3 is 2.62 bits per heavy atom. The number of hydrogen-bond donors (Lipinski definition) is 1. The minimum atomic E-state index is -0.688. The summed E-state index contributed by atoms with van der Waals surface area (Å²) in [6.07, 6.45) is 7.85. The number of aryl methyl sites for hydroxylation is 1. The summed E-state index contributed by atoms with van der Waals surface area (Å²) in [7, 11) is 1.91. The maximum atomic E-state index is 11.5. The minimum Gasteiger partial charge on any atom is -0.481 e. The SMILES string of the molecule is CC1CC(C(=O)O)C(c2nc(C3CCCCC3)nn2C)C1. The Bertz CT molecular complexity index is 520. The first-order chi connectivity index (χ1) is 10.1. The zero-order valence-electron chi connectivity index (χ0n) is 13.0. The molecule has 0 saturated heterocycles. The fourth-order valence-corrected chi connectivity index (χ4v) is 4.12. The van der Waals surface area contributed by atoms with Gasteiger partial charge in [-0.2, -0.15) is 5.10 Å². The molecular weight excluding hydrogens is 266 g/mol. The Kier molecular flexibility index (Phi) is 4.00. The number of aromatic nitrogens is 3. The summed E-state index contributed by atoms with van der Waals surface area (Å²) >= 11 is 0. The van der Waals surface area contributed by atoms with Gasteiger partial charge < -0.3 is 5.11 Å². The summed E-state index contributed by atoms with van der Waals surface area (Å²) in [6, 6.07) is 0. The summed E-state index contributed by atoms with van der Waals surface area (Å²) in [5.74, 6) is 1.77. The number of nitrogens with zero attached hydrogens (tertiary/aromatic N) is 3. The van der Waals surface area contributed by atoms with Crippen molar-refractivity contribution in [2.24, 2.45) is 18.9 Å². The molecule has 21 heavy (non-hydrogen) atoms. The lowest BCUT2D eigenvalue weighted by Gasteiger charge is -2.18. The third-order valence-electron chi connectivity index (χ3n) is 5.23. The van der Waals surface area contributed by atoms with Gasteiger partial charge in [-0.25, -0.2) is 4.98 Å². The van der Waals surface area contributed by atoms with Crippen LogP contribution in [-0.2, 0) is 11.8 Å². The molecule has 1 N–H and O–H groups in total. The van der Waals surface area contributed by atoms with Gasteiger partial charge in [0.15, 0.2) is 5.82 Å². The zero-order chi connectivity index (χ0) is 15.0. The molecule has 0 spiro atoms. The normalized spacial score (nSPS) is 30.7. The molecule has 5 nitrogen and oxygen atoms in total. The molecule has 3 atom stereocenters. The fraction of sp³-hybridized carbons (Fsp3) is 0.812. The first-order valence-corrected chi connectivity index (χ1v) is 8.20. The number of carbonyl (C=O) groups is 1. The largest absolute Gasteiger partial charge is 0.481 e. The van der Waals surface area contributed by atoms with Gasteiger partial charge in [0.2, 0.25) is 0 Å². The summed E-state index contributed by atoms with van der Waals surface area (Å²) in [5, 5.41) is 14.1. The Hall–Kier alpha value is -1.39. The van der Waals surface area contributed by atoms with Gasteiger partial charge in [0.05, 0.1) is 5.92 Å². The van der Waals surface area contributed by atoms with Crippen molar-refractivity contribution in [2.45, 2.75) is 63.7 Å². The number of carboxylic acid groups (broad SMARTS) is 1. The Morgan fingerprint density at radius 1 is 1.24 bits per heavy atom. The van der Waals surface area contributed by atoms with Crippen LogP contribution in [0.4, 0.5) is 0 Å². The van der Waals surface area contributed by atoms with E-state index in [-0.39, 0.29) is 11.8 Å². The number of carboxylic acids is 1. The predicted molar refractivity (Wildman–Crippen MR) is 79.1 cm³/mol. The molecule has 0 aromatic carbocycles. The lowest BCUT2D eigenvalue weighted by Crippen LogP contribution is -2.19. The topological polar surface area (TPSA) is 68.0 Å². The fourth-order valence-electron chi connectivity index (χ4n) is 4.12. The Balaban J connectivity index is 1.84. The van der Waals surface area contributed by atoms with E-state index in [9.17, 15) is 9.90 Å². The molecular formula is C16H25N3O2. The van der Waals surface area contributed by atoms with Gasteiger partial charge in [-0.15, -0.1) is 0 Å². The van der Waals surface area contributed by atoms with E-state index in [0.29, 0.717) is 11.8 Å². The van der Waals surface area contributed by atoms with E-state index in [1.807, 2.05) is 11.7 Å². The van der Waals surface area contributed by atoms with Crippen molar-refractivity contribution in [3.63, 3.8) is 0 Å². The molecule has 2 aliphatic carbocycles. The van der Waals surface area contributed by atoms with Crippen molar-refractivity contribution >= 4 is 5.97 Å². The zero-order valence-corrected chi connectivity index (χ0v) is 13.0. The lowest BCUT2D eigenvalue weighted by molar-refractivity contribution is -0.142. The van der Waals surface area contributed by atoms with Crippen LogP contribution < -0.4 is 0 Å². The smallest absolute Gasteiger partial charge is 0.307 e. The molecule has 0 aliphatic heterocycles. The molecule has 1 aromatic rings. The molecule has 3 rings (SSSR count). The van der Waals surface area contributed by atoms with Crippen molar-refractivity contribution in [2.75, 3.05) is 0 Å². The van der Waals surface area contributed by atoms with Gasteiger partial charge in [0.25, 0.3) is 0 Å². The van der Waals surface area contributed by atoms with Crippen molar-refractivity contribution in [3.8, 4) is 0 Å². The highest BCUT2D eigenvalue weighted by Gasteiger charge is 2.40. The third kappa shape index (κ3) is 2.83. The highest BCUT2D eigenvalue weighted by Crippen LogP contribution is 2.43. The van der Waals surface area contributed by atoms with Crippen LogP contribution in [-0.4, -0.2) is 25.8 Å². The monoisotopic (exact) mass is 291 g/mol. The summed E-state index contributed by atoms with van der Waals surface area (Å²) in [5.41, 5.74) is 0. The first kappa shape index (κ1) is 14.5. The summed E-state index contributed by atoms with van der Waals surface area (Å²) in [4.78, 5) is 16.3. The molecule has 0 bridgehead atoms. The third-order valence-corrected chi connectivity index (χ3v) is 5.23. The van der Waals surface area contributed by atoms with Crippen LogP contribution in [0.1, 0.15) is 75.4 Å². The molecule has 5 heteroatoms. The second-order valence-corrected chi connectivity index (χ2v) is 6.91. The lowest BCUT2D eigenvalue weighted by atomic mass is 9.89. The number of rotatable bonds is 3. The van der Waals surface area contributed by atoms with Crippen LogP contribution in [0.25, 0.3) is 0 Å². The van der Waals surface area contributed by atoms with E-state index < -0.39 is 5.97 Å². The van der Waals surface area contributed by atoms with Crippen molar-refractivity contribution < 1.29 is 9.90 Å². The van der Waals surface area contributed by atoms with E-state index in [0.717, 1.165) is 24.5 Å². The Morgan fingerprint density at radius 2 is 1.95 bits per heavy atom. The van der Waals surface area contributed by atoms with Gasteiger partial charge in [-0.05, 0) is 31.6 Å².